The SMILES string of the molecule is Cc1ccccc1-n1ccnc1SC(C)C(=O)Nc1ccc2c(c1)OCCO2. The lowest BCUT2D eigenvalue weighted by Crippen LogP contribution is -2.23. The van der Waals surface area contributed by atoms with E-state index in [0.717, 1.165) is 16.4 Å². The van der Waals surface area contributed by atoms with E-state index in [1.165, 1.54) is 11.8 Å². The molecule has 0 radical (unpaired) electrons. The number of benzene rings is 2. The zero-order valence-corrected chi connectivity index (χ0v) is 16.5. The second kappa shape index (κ2) is 7.98. The van der Waals surface area contributed by atoms with Crippen LogP contribution >= 0.6 is 11.8 Å². The molecule has 1 amide bonds. The fourth-order valence-corrected chi connectivity index (χ4v) is 3.85. The van der Waals surface area contributed by atoms with Crippen molar-refractivity contribution in [2.24, 2.45) is 0 Å². The fraction of sp³-hybridized carbons (Fsp3) is 0.238. The first kappa shape index (κ1) is 18.4. The quantitative estimate of drug-likeness (QED) is 0.660. The summed E-state index contributed by atoms with van der Waals surface area (Å²) in [6.45, 7) is 4.98. The van der Waals surface area contributed by atoms with E-state index in [0.29, 0.717) is 30.4 Å². The molecule has 1 atom stereocenters. The summed E-state index contributed by atoms with van der Waals surface area (Å²) in [7, 11) is 0. The Balaban J connectivity index is 1.46. The first-order valence-electron chi connectivity index (χ1n) is 9.08. The molecular formula is C21H21N3O3S. The Hall–Kier alpha value is -2.93. The van der Waals surface area contributed by atoms with E-state index < -0.39 is 0 Å². The molecule has 7 heteroatoms. The highest BCUT2D eigenvalue weighted by Crippen LogP contribution is 2.33. The van der Waals surface area contributed by atoms with Crippen molar-refractivity contribution in [1.82, 2.24) is 9.55 Å². The summed E-state index contributed by atoms with van der Waals surface area (Å²) < 4.78 is 13.1. The van der Waals surface area contributed by atoms with Crippen molar-refractivity contribution in [3.63, 3.8) is 0 Å². The normalized spacial score (nSPS) is 13.8. The number of nitrogens with one attached hydrogen (secondary N) is 1. The smallest absolute Gasteiger partial charge is 0.237 e. The summed E-state index contributed by atoms with van der Waals surface area (Å²) in [6.07, 6.45) is 3.66. The molecule has 2 heterocycles. The second-order valence-electron chi connectivity index (χ2n) is 6.47. The molecule has 0 saturated heterocycles. The minimum Gasteiger partial charge on any atom is -0.486 e. The fourth-order valence-electron chi connectivity index (χ4n) is 2.97. The van der Waals surface area contributed by atoms with Crippen LogP contribution in [0.4, 0.5) is 5.69 Å². The summed E-state index contributed by atoms with van der Waals surface area (Å²) in [4.78, 5) is 17.1. The largest absolute Gasteiger partial charge is 0.486 e. The molecule has 0 fully saturated rings. The summed E-state index contributed by atoms with van der Waals surface area (Å²) >= 11 is 1.42. The third-order valence-corrected chi connectivity index (χ3v) is 5.52. The molecule has 6 nitrogen and oxygen atoms in total. The molecule has 0 aliphatic carbocycles. The van der Waals surface area contributed by atoms with Gasteiger partial charge in [0.25, 0.3) is 0 Å². The molecule has 1 unspecified atom stereocenters. The highest BCUT2D eigenvalue weighted by Gasteiger charge is 2.19. The molecule has 144 valence electrons. The lowest BCUT2D eigenvalue weighted by atomic mass is 10.2. The molecule has 3 aromatic rings. The number of carbonyl (C=O) groups is 1. The maximum absolute atomic E-state index is 12.7. The van der Waals surface area contributed by atoms with Crippen molar-refractivity contribution in [2.75, 3.05) is 18.5 Å². The van der Waals surface area contributed by atoms with Gasteiger partial charge in [0.05, 0.1) is 10.9 Å². The Morgan fingerprint density at radius 3 is 2.79 bits per heavy atom. The molecule has 2 aromatic carbocycles. The number of carbonyl (C=O) groups excluding carboxylic acids is 1. The molecule has 1 aliphatic rings. The van der Waals surface area contributed by atoms with Crippen molar-refractivity contribution in [1.29, 1.82) is 0 Å². The molecule has 1 aromatic heterocycles. The zero-order valence-electron chi connectivity index (χ0n) is 15.7. The minimum absolute atomic E-state index is 0.0963. The average Bonchev–Trinajstić information content (AvgIpc) is 3.16. The number of imidazole rings is 1. The van der Waals surface area contributed by atoms with Crippen LogP contribution < -0.4 is 14.8 Å². The third-order valence-electron chi connectivity index (χ3n) is 4.44. The van der Waals surface area contributed by atoms with E-state index in [1.807, 2.05) is 48.0 Å². The van der Waals surface area contributed by atoms with Crippen molar-refractivity contribution < 1.29 is 14.3 Å². The maximum Gasteiger partial charge on any atom is 0.237 e. The van der Waals surface area contributed by atoms with Crippen LogP contribution in [0.25, 0.3) is 5.69 Å². The van der Waals surface area contributed by atoms with Gasteiger partial charge in [-0.1, -0.05) is 30.0 Å². The van der Waals surface area contributed by atoms with Gasteiger partial charge in [-0.2, -0.15) is 0 Å². The number of anilines is 1. The average molecular weight is 395 g/mol. The summed E-state index contributed by atoms with van der Waals surface area (Å²) in [5, 5.41) is 3.40. The maximum atomic E-state index is 12.7. The molecule has 1 aliphatic heterocycles. The van der Waals surface area contributed by atoms with Gasteiger partial charge in [0.1, 0.15) is 13.2 Å². The molecule has 4 rings (SSSR count). The molecule has 0 bridgehead atoms. The van der Waals surface area contributed by atoms with Crippen LogP contribution in [0, 0.1) is 6.92 Å². The van der Waals surface area contributed by atoms with Gasteiger partial charge >= 0.3 is 0 Å². The number of fused-ring (bicyclic) bond motifs is 1. The molecule has 1 N–H and O–H groups in total. The van der Waals surface area contributed by atoms with E-state index >= 15 is 0 Å². The predicted octanol–water partition coefficient (Wildman–Crippen LogP) is 4.07. The van der Waals surface area contributed by atoms with Crippen molar-refractivity contribution in [3.05, 3.63) is 60.4 Å². The van der Waals surface area contributed by atoms with Gasteiger partial charge in [-0.25, -0.2) is 4.98 Å². The van der Waals surface area contributed by atoms with Gasteiger partial charge in [0.2, 0.25) is 5.91 Å². The van der Waals surface area contributed by atoms with Gasteiger partial charge in [-0.3, -0.25) is 9.36 Å². The number of amides is 1. The summed E-state index contributed by atoms with van der Waals surface area (Å²) in [5.74, 6) is 1.26. The second-order valence-corrected chi connectivity index (χ2v) is 7.78. The van der Waals surface area contributed by atoms with Gasteiger partial charge in [0, 0.05) is 24.1 Å². The number of rotatable bonds is 5. The topological polar surface area (TPSA) is 65.4 Å². The van der Waals surface area contributed by atoms with Gasteiger partial charge in [-0.15, -0.1) is 0 Å². The van der Waals surface area contributed by atoms with Crippen LogP contribution in [0.2, 0.25) is 0 Å². The number of aromatic nitrogens is 2. The standard InChI is InChI=1S/C21H21N3O3S/c1-14-5-3-4-6-17(14)24-10-9-22-21(24)28-15(2)20(25)23-16-7-8-18-19(13-16)27-12-11-26-18/h3-10,13,15H,11-12H2,1-2H3,(H,23,25). The number of aryl methyl sites for hydroxylation is 1. The first-order chi connectivity index (χ1) is 13.6. The van der Waals surface area contributed by atoms with E-state index in [1.54, 1.807) is 12.3 Å². The minimum atomic E-state index is -0.321. The van der Waals surface area contributed by atoms with E-state index in [9.17, 15) is 4.79 Å². The van der Waals surface area contributed by atoms with Gasteiger partial charge in [-0.05, 0) is 37.6 Å². The lowest BCUT2D eigenvalue weighted by molar-refractivity contribution is -0.115. The number of para-hydroxylation sites is 1. The van der Waals surface area contributed by atoms with Crippen molar-refractivity contribution >= 4 is 23.4 Å². The van der Waals surface area contributed by atoms with E-state index in [2.05, 4.69) is 23.3 Å². The van der Waals surface area contributed by atoms with Crippen molar-refractivity contribution in [2.45, 2.75) is 24.3 Å². The molecule has 28 heavy (non-hydrogen) atoms. The van der Waals surface area contributed by atoms with Crippen LogP contribution in [0.1, 0.15) is 12.5 Å². The van der Waals surface area contributed by atoms with E-state index in [4.69, 9.17) is 9.47 Å². The van der Waals surface area contributed by atoms with Crippen molar-refractivity contribution in [3.8, 4) is 17.2 Å². The van der Waals surface area contributed by atoms with Gasteiger partial charge < -0.3 is 14.8 Å². The molecule has 0 saturated carbocycles. The van der Waals surface area contributed by atoms with Gasteiger partial charge in [0.15, 0.2) is 16.7 Å². The Bertz CT molecular complexity index is 1000. The van der Waals surface area contributed by atoms with Crippen LogP contribution in [-0.4, -0.2) is 33.9 Å². The van der Waals surface area contributed by atoms with E-state index in [-0.39, 0.29) is 11.2 Å². The number of hydrogen-bond donors (Lipinski definition) is 1. The number of thioether (sulfide) groups is 1. The molecule has 0 spiro atoms. The van der Waals surface area contributed by atoms with Crippen LogP contribution in [0.5, 0.6) is 11.5 Å². The Morgan fingerprint density at radius 1 is 1.18 bits per heavy atom. The summed E-state index contributed by atoms with van der Waals surface area (Å²) in [5.41, 5.74) is 2.89. The monoisotopic (exact) mass is 395 g/mol. The molecular weight excluding hydrogens is 374 g/mol. The number of hydrogen-bond acceptors (Lipinski definition) is 5. The third kappa shape index (κ3) is 3.84. The Kier molecular flexibility index (Phi) is 5.25. The Labute approximate surface area is 167 Å². The summed E-state index contributed by atoms with van der Waals surface area (Å²) in [6, 6.07) is 13.5. The zero-order chi connectivity index (χ0) is 19.5. The lowest BCUT2D eigenvalue weighted by Gasteiger charge is -2.19. The first-order valence-corrected chi connectivity index (χ1v) is 9.96. The highest BCUT2D eigenvalue weighted by atomic mass is 32.2. The number of nitrogens with zero attached hydrogens (tertiary/aromatic N) is 2. The van der Waals surface area contributed by atoms with Crippen LogP contribution in [-0.2, 0) is 4.79 Å². The predicted molar refractivity (Wildman–Crippen MR) is 110 cm³/mol. The van der Waals surface area contributed by atoms with Crippen LogP contribution in [0.3, 0.4) is 0 Å². The highest BCUT2D eigenvalue weighted by molar-refractivity contribution is 8.00. The van der Waals surface area contributed by atoms with Crippen LogP contribution in [0.15, 0.2) is 60.0 Å². The Morgan fingerprint density at radius 2 is 1.96 bits per heavy atom. The number of ether oxygens (including phenoxy) is 2.